The van der Waals surface area contributed by atoms with Crippen molar-refractivity contribution in [3.05, 3.63) is 0 Å². The van der Waals surface area contributed by atoms with Gasteiger partial charge in [-0.05, 0) is 12.8 Å². The second-order valence-corrected chi connectivity index (χ2v) is 3.60. The van der Waals surface area contributed by atoms with E-state index in [4.69, 9.17) is 4.74 Å². The van der Waals surface area contributed by atoms with Crippen molar-refractivity contribution < 1.29 is 9.53 Å². The molecule has 0 saturated carbocycles. The molecule has 1 unspecified atom stereocenters. The van der Waals surface area contributed by atoms with Gasteiger partial charge >= 0.3 is 0 Å². The molecule has 1 aliphatic rings. The number of carbonyl (C=O) groups excluding carboxylic acids is 1. The molecule has 0 spiro atoms. The largest absolute Gasteiger partial charge is 0.378 e. The number of amides is 1. The topological polar surface area (TPSA) is 50.4 Å². The fourth-order valence-electron chi connectivity index (χ4n) is 1.53. The van der Waals surface area contributed by atoms with Crippen LogP contribution in [0.3, 0.4) is 0 Å². The first-order valence-corrected chi connectivity index (χ1v) is 5.39. The number of ether oxygens (including phenoxy) is 1. The van der Waals surface area contributed by atoms with Gasteiger partial charge in [0, 0.05) is 12.6 Å². The lowest BCUT2D eigenvalue weighted by Gasteiger charge is -2.25. The first-order valence-electron chi connectivity index (χ1n) is 5.39. The van der Waals surface area contributed by atoms with Crippen molar-refractivity contribution in [3.8, 4) is 0 Å². The zero-order valence-corrected chi connectivity index (χ0v) is 9.01. The number of morpholine rings is 1. The molecule has 0 aliphatic carbocycles. The Morgan fingerprint density at radius 1 is 1.57 bits per heavy atom. The van der Waals surface area contributed by atoms with Gasteiger partial charge in [0.25, 0.3) is 0 Å². The molecule has 0 radical (unpaired) electrons. The fourth-order valence-corrected chi connectivity index (χ4v) is 1.53. The molecule has 2 N–H and O–H groups in total. The van der Waals surface area contributed by atoms with E-state index < -0.39 is 0 Å². The molecule has 1 fully saturated rings. The Hall–Kier alpha value is -0.610. The zero-order chi connectivity index (χ0) is 10.4. The Morgan fingerprint density at radius 2 is 2.29 bits per heavy atom. The van der Waals surface area contributed by atoms with E-state index in [1.165, 1.54) is 0 Å². The molecule has 4 heteroatoms. The molecule has 1 amide bonds. The highest BCUT2D eigenvalue weighted by Crippen LogP contribution is 1.99. The van der Waals surface area contributed by atoms with Gasteiger partial charge in [-0.2, -0.15) is 0 Å². The molecule has 82 valence electrons. The molecule has 1 aliphatic heterocycles. The Bertz CT molecular complexity index is 175. The fraction of sp³-hybridized carbons (Fsp3) is 0.900. The molecule has 0 aromatic heterocycles. The van der Waals surface area contributed by atoms with E-state index in [-0.39, 0.29) is 11.9 Å². The van der Waals surface area contributed by atoms with E-state index >= 15 is 0 Å². The zero-order valence-electron chi connectivity index (χ0n) is 9.01. The first kappa shape index (κ1) is 11.5. The number of nitrogens with one attached hydrogen (secondary N) is 2. The van der Waals surface area contributed by atoms with Crippen LogP contribution in [0, 0.1) is 0 Å². The number of rotatable bonds is 4. The SMILES string of the molecule is CCC(CC)NC(=O)C1COCCN1. The minimum Gasteiger partial charge on any atom is -0.378 e. The van der Waals surface area contributed by atoms with Gasteiger partial charge in [-0.3, -0.25) is 4.79 Å². The van der Waals surface area contributed by atoms with E-state index in [0.29, 0.717) is 19.3 Å². The van der Waals surface area contributed by atoms with Crippen LogP contribution >= 0.6 is 0 Å². The van der Waals surface area contributed by atoms with Gasteiger partial charge in [0.15, 0.2) is 0 Å². The summed E-state index contributed by atoms with van der Waals surface area (Å²) in [6.45, 7) is 6.13. The molecular formula is C10H20N2O2. The van der Waals surface area contributed by atoms with E-state index in [9.17, 15) is 4.79 Å². The van der Waals surface area contributed by atoms with E-state index in [2.05, 4.69) is 24.5 Å². The molecule has 1 heterocycles. The van der Waals surface area contributed by atoms with Crippen molar-refractivity contribution in [2.75, 3.05) is 19.8 Å². The van der Waals surface area contributed by atoms with Gasteiger partial charge in [-0.15, -0.1) is 0 Å². The molecule has 1 atom stereocenters. The first-order chi connectivity index (χ1) is 6.77. The maximum Gasteiger partial charge on any atom is 0.239 e. The third-order valence-corrected chi connectivity index (χ3v) is 2.57. The summed E-state index contributed by atoms with van der Waals surface area (Å²) in [6, 6.07) is 0.135. The third kappa shape index (κ3) is 3.27. The lowest BCUT2D eigenvalue weighted by atomic mass is 10.1. The van der Waals surface area contributed by atoms with Crippen molar-refractivity contribution >= 4 is 5.91 Å². The molecular weight excluding hydrogens is 180 g/mol. The van der Waals surface area contributed by atoms with Crippen molar-refractivity contribution in [2.45, 2.75) is 38.8 Å². The molecule has 0 aromatic carbocycles. The summed E-state index contributed by atoms with van der Waals surface area (Å²) in [4.78, 5) is 11.7. The van der Waals surface area contributed by atoms with Gasteiger partial charge in [-0.1, -0.05) is 13.8 Å². The molecule has 0 bridgehead atoms. The van der Waals surface area contributed by atoms with E-state index in [1.807, 2.05) is 0 Å². The monoisotopic (exact) mass is 200 g/mol. The second kappa shape index (κ2) is 5.98. The summed E-state index contributed by atoms with van der Waals surface area (Å²) in [6.07, 6.45) is 1.96. The summed E-state index contributed by atoms with van der Waals surface area (Å²) in [5.74, 6) is 0.0680. The smallest absolute Gasteiger partial charge is 0.239 e. The van der Waals surface area contributed by atoms with E-state index in [0.717, 1.165) is 19.4 Å². The van der Waals surface area contributed by atoms with Crippen LogP contribution in [-0.4, -0.2) is 37.7 Å². The molecule has 0 aromatic rings. The predicted octanol–water partition coefficient (Wildman–Crippen LogP) is 0.280. The quantitative estimate of drug-likeness (QED) is 0.685. The molecule has 4 nitrogen and oxygen atoms in total. The van der Waals surface area contributed by atoms with Crippen molar-refractivity contribution in [2.24, 2.45) is 0 Å². The number of hydrogen-bond acceptors (Lipinski definition) is 3. The Labute approximate surface area is 85.4 Å². The van der Waals surface area contributed by atoms with Gasteiger partial charge in [0.05, 0.1) is 13.2 Å². The predicted molar refractivity (Wildman–Crippen MR) is 55.1 cm³/mol. The minimum absolute atomic E-state index is 0.0680. The van der Waals surface area contributed by atoms with Crippen molar-refractivity contribution in [3.63, 3.8) is 0 Å². The summed E-state index contributed by atoms with van der Waals surface area (Å²) in [5, 5.41) is 6.14. The van der Waals surface area contributed by atoms with Crippen LogP contribution in [0.2, 0.25) is 0 Å². The highest BCUT2D eigenvalue weighted by atomic mass is 16.5. The number of carbonyl (C=O) groups is 1. The average Bonchev–Trinajstić information content (AvgIpc) is 2.26. The summed E-state index contributed by atoms with van der Waals surface area (Å²) >= 11 is 0. The maximum absolute atomic E-state index is 11.7. The van der Waals surface area contributed by atoms with Crippen molar-refractivity contribution in [1.29, 1.82) is 0 Å². The van der Waals surface area contributed by atoms with Gasteiger partial charge < -0.3 is 15.4 Å². The lowest BCUT2D eigenvalue weighted by molar-refractivity contribution is -0.126. The lowest BCUT2D eigenvalue weighted by Crippen LogP contribution is -2.53. The van der Waals surface area contributed by atoms with Crippen LogP contribution in [0.4, 0.5) is 0 Å². The van der Waals surface area contributed by atoms with Crippen LogP contribution in [0.25, 0.3) is 0 Å². The van der Waals surface area contributed by atoms with Crippen LogP contribution in [0.5, 0.6) is 0 Å². The highest BCUT2D eigenvalue weighted by Gasteiger charge is 2.22. The van der Waals surface area contributed by atoms with Gasteiger partial charge in [0.2, 0.25) is 5.91 Å². The van der Waals surface area contributed by atoms with Gasteiger partial charge in [-0.25, -0.2) is 0 Å². The van der Waals surface area contributed by atoms with Crippen LogP contribution in [0.15, 0.2) is 0 Å². The molecule has 14 heavy (non-hydrogen) atoms. The number of hydrogen-bond donors (Lipinski definition) is 2. The normalized spacial score (nSPS) is 22.4. The molecule has 1 rings (SSSR count). The third-order valence-electron chi connectivity index (χ3n) is 2.57. The Balaban J connectivity index is 2.32. The second-order valence-electron chi connectivity index (χ2n) is 3.60. The van der Waals surface area contributed by atoms with Crippen LogP contribution < -0.4 is 10.6 Å². The summed E-state index contributed by atoms with van der Waals surface area (Å²) in [5.41, 5.74) is 0. The standard InChI is InChI=1S/C10H20N2O2/c1-3-8(4-2)12-10(13)9-7-14-6-5-11-9/h8-9,11H,3-7H2,1-2H3,(H,12,13). The minimum atomic E-state index is -0.163. The Kier molecular flexibility index (Phi) is 4.90. The summed E-state index contributed by atoms with van der Waals surface area (Å²) < 4.78 is 5.23. The highest BCUT2D eigenvalue weighted by molar-refractivity contribution is 5.82. The maximum atomic E-state index is 11.7. The average molecular weight is 200 g/mol. The Morgan fingerprint density at radius 3 is 2.79 bits per heavy atom. The summed E-state index contributed by atoms with van der Waals surface area (Å²) in [7, 11) is 0. The van der Waals surface area contributed by atoms with Gasteiger partial charge in [0.1, 0.15) is 6.04 Å². The van der Waals surface area contributed by atoms with Crippen molar-refractivity contribution in [1.82, 2.24) is 10.6 Å². The molecule has 1 saturated heterocycles. The van der Waals surface area contributed by atoms with Crippen LogP contribution in [-0.2, 0) is 9.53 Å². The van der Waals surface area contributed by atoms with E-state index in [1.54, 1.807) is 0 Å². The van der Waals surface area contributed by atoms with Crippen LogP contribution in [0.1, 0.15) is 26.7 Å².